The number of carbonyl (C=O) groups excluding carboxylic acids is 1. The van der Waals surface area contributed by atoms with Crippen LogP contribution in [0.3, 0.4) is 0 Å². The van der Waals surface area contributed by atoms with Crippen LogP contribution in [0.1, 0.15) is 37.8 Å². The van der Waals surface area contributed by atoms with Crippen LogP contribution in [0.2, 0.25) is 0 Å². The molecule has 3 aliphatic rings. The maximum absolute atomic E-state index is 12.4. The molecule has 134 valence electrons. The zero-order valence-corrected chi connectivity index (χ0v) is 15.0. The number of nitrogens with zero attached hydrogens (tertiary/aromatic N) is 3. The van der Waals surface area contributed by atoms with Gasteiger partial charge >= 0.3 is 5.97 Å². The zero-order chi connectivity index (χ0) is 17.7. The molecule has 0 saturated heterocycles. The van der Waals surface area contributed by atoms with Crippen molar-refractivity contribution in [1.29, 1.82) is 0 Å². The van der Waals surface area contributed by atoms with E-state index >= 15 is 0 Å². The second-order valence-electron chi connectivity index (χ2n) is 7.27. The fraction of sp³-hybridized carbons (Fsp3) is 0.429. The van der Waals surface area contributed by atoms with Gasteiger partial charge in [0.15, 0.2) is 0 Å². The first kappa shape index (κ1) is 15.7. The van der Waals surface area contributed by atoms with E-state index in [-0.39, 0.29) is 17.9 Å². The number of allylic oxidation sites excluding steroid dienone is 2. The summed E-state index contributed by atoms with van der Waals surface area (Å²) < 4.78 is 7.68. The highest BCUT2D eigenvalue weighted by Crippen LogP contribution is 2.44. The Morgan fingerprint density at radius 3 is 3.12 bits per heavy atom. The highest BCUT2D eigenvalue weighted by atomic mass is 16.5. The lowest BCUT2D eigenvalue weighted by Crippen LogP contribution is -2.37. The number of fused-ring (bicyclic) bond motifs is 4. The molecule has 2 aromatic rings. The molecule has 1 aromatic carbocycles. The predicted octanol–water partition coefficient (Wildman–Crippen LogP) is 3.61. The summed E-state index contributed by atoms with van der Waals surface area (Å²) in [6, 6.07) is 9.00. The molecule has 2 aliphatic heterocycles. The molecule has 2 atom stereocenters. The third kappa shape index (κ3) is 2.23. The van der Waals surface area contributed by atoms with E-state index in [1.54, 1.807) is 0 Å². The summed E-state index contributed by atoms with van der Waals surface area (Å²) in [6.45, 7) is 3.90. The van der Waals surface area contributed by atoms with Crippen molar-refractivity contribution in [3.8, 4) is 0 Å². The number of carbonyl (C=O) groups is 1. The summed E-state index contributed by atoms with van der Waals surface area (Å²) in [7, 11) is 0. The van der Waals surface area contributed by atoms with Gasteiger partial charge in [-0.2, -0.15) is 0 Å². The second-order valence-corrected chi connectivity index (χ2v) is 7.27. The maximum Gasteiger partial charge on any atom is 0.309 e. The number of hydrogen-bond acceptors (Lipinski definition) is 4. The van der Waals surface area contributed by atoms with Gasteiger partial charge in [0, 0.05) is 41.2 Å². The van der Waals surface area contributed by atoms with Crippen LogP contribution in [-0.2, 0) is 9.53 Å². The van der Waals surface area contributed by atoms with Crippen molar-refractivity contribution in [2.24, 2.45) is 10.9 Å². The predicted molar refractivity (Wildman–Crippen MR) is 102 cm³/mol. The van der Waals surface area contributed by atoms with Gasteiger partial charge in [-0.3, -0.25) is 9.79 Å². The fourth-order valence-electron chi connectivity index (χ4n) is 4.74. The Bertz CT molecular complexity index is 940. The topological polar surface area (TPSA) is 46.8 Å². The number of hydrogen-bond donors (Lipinski definition) is 0. The molecule has 0 radical (unpaired) electrons. The van der Waals surface area contributed by atoms with Gasteiger partial charge in [0.2, 0.25) is 0 Å². The Balaban J connectivity index is 1.66. The molecule has 0 fully saturated rings. The molecular weight excluding hydrogens is 326 g/mol. The van der Waals surface area contributed by atoms with E-state index in [1.165, 1.54) is 27.9 Å². The Labute approximate surface area is 152 Å². The molecule has 2 unspecified atom stereocenters. The monoisotopic (exact) mass is 349 g/mol. The van der Waals surface area contributed by atoms with Gasteiger partial charge in [0.1, 0.15) is 0 Å². The van der Waals surface area contributed by atoms with Crippen LogP contribution < -0.4 is 0 Å². The van der Waals surface area contributed by atoms with Crippen molar-refractivity contribution >= 4 is 28.8 Å². The van der Waals surface area contributed by atoms with Crippen molar-refractivity contribution in [3.63, 3.8) is 0 Å². The number of ether oxygens (including phenoxy) is 1. The highest BCUT2D eigenvalue weighted by Gasteiger charge is 2.37. The van der Waals surface area contributed by atoms with Crippen molar-refractivity contribution in [3.05, 3.63) is 41.7 Å². The van der Waals surface area contributed by atoms with Crippen LogP contribution in [-0.4, -0.2) is 41.3 Å². The molecule has 5 nitrogen and oxygen atoms in total. The average molecular weight is 349 g/mol. The number of aromatic nitrogens is 1. The Hall–Kier alpha value is -2.56. The Morgan fingerprint density at radius 2 is 2.23 bits per heavy atom. The van der Waals surface area contributed by atoms with Gasteiger partial charge in [-0.05, 0) is 25.8 Å². The second kappa shape index (κ2) is 6.01. The molecule has 3 heterocycles. The van der Waals surface area contributed by atoms with Gasteiger partial charge in [-0.25, -0.2) is 0 Å². The van der Waals surface area contributed by atoms with Gasteiger partial charge in [0.25, 0.3) is 0 Å². The first-order valence-corrected chi connectivity index (χ1v) is 9.52. The molecule has 0 N–H and O–H groups in total. The van der Waals surface area contributed by atoms with E-state index < -0.39 is 0 Å². The van der Waals surface area contributed by atoms with Gasteiger partial charge < -0.3 is 14.2 Å². The molecule has 0 bridgehead atoms. The minimum atomic E-state index is -0.0549. The lowest BCUT2D eigenvalue weighted by atomic mass is 9.88. The number of rotatable bonds is 2. The molecule has 1 aromatic heterocycles. The van der Waals surface area contributed by atoms with Crippen molar-refractivity contribution in [2.45, 2.75) is 32.2 Å². The van der Waals surface area contributed by atoms with Crippen LogP contribution in [0.15, 0.2) is 41.2 Å². The normalized spacial score (nSPS) is 24.3. The van der Waals surface area contributed by atoms with Crippen LogP contribution in [0, 0.1) is 5.92 Å². The lowest BCUT2D eigenvalue weighted by molar-refractivity contribution is -0.148. The van der Waals surface area contributed by atoms with Crippen LogP contribution in [0.5, 0.6) is 0 Å². The van der Waals surface area contributed by atoms with Gasteiger partial charge in [-0.15, -0.1) is 0 Å². The Kier molecular flexibility index (Phi) is 3.62. The summed E-state index contributed by atoms with van der Waals surface area (Å²) >= 11 is 0. The van der Waals surface area contributed by atoms with Crippen LogP contribution in [0.25, 0.3) is 16.6 Å². The van der Waals surface area contributed by atoms with E-state index in [9.17, 15) is 4.79 Å². The fourth-order valence-corrected chi connectivity index (χ4v) is 4.74. The quantitative estimate of drug-likeness (QED) is 0.778. The molecule has 0 spiro atoms. The van der Waals surface area contributed by atoms with Crippen molar-refractivity contribution in [2.75, 3.05) is 19.7 Å². The minimum absolute atomic E-state index is 0.0412. The molecule has 0 amide bonds. The molecule has 26 heavy (non-hydrogen) atoms. The molecular formula is C21H23N3O2. The molecule has 5 rings (SSSR count). The van der Waals surface area contributed by atoms with Gasteiger partial charge in [0.05, 0.1) is 37.2 Å². The average Bonchev–Trinajstić information content (AvgIpc) is 3.07. The van der Waals surface area contributed by atoms with Crippen LogP contribution in [0.4, 0.5) is 0 Å². The smallest absolute Gasteiger partial charge is 0.309 e. The van der Waals surface area contributed by atoms with E-state index in [4.69, 9.17) is 4.74 Å². The van der Waals surface area contributed by atoms with E-state index in [1.807, 2.05) is 13.1 Å². The zero-order valence-electron chi connectivity index (χ0n) is 15.0. The van der Waals surface area contributed by atoms with Crippen molar-refractivity contribution in [1.82, 2.24) is 9.47 Å². The highest BCUT2D eigenvalue weighted by molar-refractivity contribution is 5.88. The number of para-hydroxylation sites is 1. The largest absolute Gasteiger partial charge is 0.466 e. The Morgan fingerprint density at radius 1 is 1.31 bits per heavy atom. The first-order valence-electron chi connectivity index (χ1n) is 9.52. The number of benzene rings is 1. The van der Waals surface area contributed by atoms with E-state index in [0.29, 0.717) is 6.61 Å². The molecule has 5 heteroatoms. The summed E-state index contributed by atoms with van der Waals surface area (Å²) in [5.74, 6) is -0.0961. The van der Waals surface area contributed by atoms with Crippen molar-refractivity contribution < 1.29 is 9.53 Å². The van der Waals surface area contributed by atoms with E-state index in [2.05, 4.69) is 44.9 Å². The summed E-state index contributed by atoms with van der Waals surface area (Å²) in [4.78, 5) is 19.4. The maximum atomic E-state index is 12.4. The van der Waals surface area contributed by atoms with Gasteiger partial charge in [-0.1, -0.05) is 18.2 Å². The third-order valence-corrected chi connectivity index (χ3v) is 5.92. The summed E-state index contributed by atoms with van der Waals surface area (Å²) in [5, 5.41) is 1.28. The SMILES string of the molecule is CCOC(=O)C1CCC2=C(C1)N1CC=NCC1c1cccc3ccn2c13. The number of aliphatic imine (C=N–C) groups is 1. The standard InChI is InChI=1S/C21H23N3O2/c1-2-26-21(25)15-6-7-17-18(12-15)23-11-9-22-13-19(23)16-5-3-4-14-8-10-24(17)20(14)16/h3-5,8-10,15,19H,2,6-7,11-13H2,1H3. The number of esters is 1. The minimum Gasteiger partial charge on any atom is -0.466 e. The van der Waals surface area contributed by atoms with Crippen LogP contribution >= 0.6 is 0 Å². The van der Waals surface area contributed by atoms with E-state index in [0.717, 1.165) is 32.4 Å². The molecule has 0 saturated carbocycles. The first-order chi connectivity index (χ1) is 12.8. The third-order valence-electron chi connectivity index (χ3n) is 5.92. The summed E-state index contributed by atoms with van der Waals surface area (Å²) in [5.41, 5.74) is 5.27. The lowest BCUT2D eigenvalue weighted by Gasteiger charge is -2.38. The summed E-state index contributed by atoms with van der Waals surface area (Å²) in [6.07, 6.45) is 6.71. The molecule has 1 aliphatic carbocycles.